The molecule has 4 N–H and O–H groups in total. The van der Waals surface area contributed by atoms with Gasteiger partial charge >= 0.3 is 6.09 Å². The zero-order valence-electron chi connectivity index (χ0n) is 15.5. The Morgan fingerprint density at radius 1 is 1.04 bits per heavy atom. The van der Waals surface area contributed by atoms with Crippen LogP contribution in [0.4, 0.5) is 10.5 Å². The number of rotatable bonds is 4. The molecule has 7 heteroatoms. The van der Waals surface area contributed by atoms with Crippen molar-refractivity contribution in [2.24, 2.45) is 11.7 Å². The number of benzene rings is 1. The quantitative estimate of drug-likeness (QED) is 0.766. The fourth-order valence-electron chi connectivity index (χ4n) is 2.94. The average Bonchev–Trinajstić information content (AvgIpc) is 2.54. The molecule has 2 rings (SSSR count). The minimum Gasteiger partial charge on any atom is -0.444 e. The first-order chi connectivity index (χ1) is 12.1. The van der Waals surface area contributed by atoms with Crippen molar-refractivity contribution >= 4 is 23.6 Å². The van der Waals surface area contributed by atoms with Gasteiger partial charge in [-0.05, 0) is 70.7 Å². The maximum Gasteiger partial charge on any atom is 0.407 e. The molecular weight excluding hydrogens is 334 g/mol. The lowest BCUT2D eigenvalue weighted by Gasteiger charge is -2.29. The summed E-state index contributed by atoms with van der Waals surface area (Å²) < 4.78 is 5.26. The Morgan fingerprint density at radius 2 is 1.62 bits per heavy atom. The highest BCUT2D eigenvalue weighted by molar-refractivity contribution is 5.95. The van der Waals surface area contributed by atoms with Gasteiger partial charge in [0.2, 0.25) is 11.8 Å². The van der Waals surface area contributed by atoms with Gasteiger partial charge in [0.15, 0.2) is 0 Å². The fraction of sp³-hybridized carbons (Fsp3) is 0.526. The van der Waals surface area contributed by atoms with Crippen LogP contribution in [0.15, 0.2) is 24.3 Å². The second kappa shape index (κ2) is 8.21. The normalized spacial score (nSPS) is 20.1. The van der Waals surface area contributed by atoms with Gasteiger partial charge in [0.25, 0.3) is 0 Å². The second-order valence-corrected chi connectivity index (χ2v) is 7.63. The van der Waals surface area contributed by atoms with Gasteiger partial charge in [0.05, 0.1) is 0 Å². The zero-order chi connectivity index (χ0) is 19.3. The van der Waals surface area contributed by atoms with E-state index >= 15 is 0 Å². The molecule has 1 aromatic carbocycles. The molecule has 1 fully saturated rings. The van der Waals surface area contributed by atoms with E-state index in [1.54, 1.807) is 24.3 Å². The van der Waals surface area contributed by atoms with E-state index in [4.69, 9.17) is 10.5 Å². The van der Waals surface area contributed by atoms with Crippen molar-refractivity contribution in [1.82, 2.24) is 5.32 Å². The number of hydrogen-bond acceptors (Lipinski definition) is 4. The van der Waals surface area contributed by atoms with Gasteiger partial charge in [0.1, 0.15) is 5.60 Å². The minimum absolute atomic E-state index is 0.0313. The predicted octanol–water partition coefficient (Wildman–Crippen LogP) is 2.81. The highest BCUT2D eigenvalue weighted by Gasteiger charge is 2.28. The summed E-state index contributed by atoms with van der Waals surface area (Å²) in [5.74, 6) is -0.645. The number of carbonyl (C=O) groups excluding carboxylic acids is 3. The van der Waals surface area contributed by atoms with E-state index in [1.807, 2.05) is 20.8 Å². The number of hydrogen-bond donors (Lipinski definition) is 3. The smallest absolute Gasteiger partial charge is 0.407 e. The SMILES string of the molecule is CC(C)(C)OC(=O)NC1CCC(C(=O)Nc2ccc(C(N)=O)cc2)CC1. The Hall–Kier alpha value is -2.57. The molecule has 0 unspecified atom stereocenters. The third kappa shape index (κ3) is 6.06. The monoisotopic (exact) mass is 361 g/mol. The van der Waals surface area contributed by atoms with E-state index in [-0.39, 0.29) is 17.9 Å². The van der Waals surface area contributed by atoms with Crippen LogP contribution in [-0.2, 0) is 9.53 Å². The van der Waals surface area contributed by atoms with Crippen LogP contribution in [0.5, 0.6) is 0 Å². The van der Waals surface area contributed by atoms with E-state index in [1.165, 1.54) is 0 Å². The van der Waals surface area contributed by atoms with Gasteiger partial charge in [-0.3, -0.25) is 9.59 Å². The van der Waals surface area contributed by atoms with Crippen LogP contribution in [0.3, 0.4) is 0 Å². The molecule has 1 aromatic rings. The molecule has 0 radical (unpaired) electrons. The molecule has 26 heavy (non-hydrogen) atoms. The molecule has 1 aliphatic rings. The van der Waals surface area contributed by atoms with Gasteiger partial charge < -0.3 is 21.1 Å². The van der Waals surface area contributed by atoms with Crippen molar-refractivity contribution in [2.75, 3.05) is 5.32 Å². The molecule has 0 spiro atoms. The van der Waals surface area contributed by atoms with Crippen molar-refractivity contribution in [3.8, 4) is 0 Å². The van der Waals surface area contributed by atoms with Crippen molar-refractivity contribution in [3.05, 3.63) is 29.8 Å². The maximum atomic E-state index is 12.4. The third-order valence-corrected chi connectivity index (χ3v) is 4.26. The summed E-state index contributed by atoms with van der Waals surface area (Å²) in [5.41, 5.74) is 5.71. The van der Waals surface area contributed by atoms with Gasteiger partial charge in [-0.25, -0.2) is 4.79 Å². The topological polar surface area (TPSA) is 111 Å². The molecule has 0 bridgehead atoms. The Bertz CT molecular complexity index is 656. The zero-order valence-corrected chi connectivity index (χ0v) is 15.5. The third-order valence-electron chi connectivity index (χ3n) is 4.26. The summed E-state index contributed by atoms with van der Waals surface area (Å²) in [5, 5.41) is 5.73. The molecule has 1 aliphatic carbocycles. The Morgan fingerprint density at radius 3 is 2.12 bits per heavy atom. The highest BCUT2D eigenvalue weighted by Crippen LogP contribution is 2.26. The first-order valence-corrected chi connectivity index (χ1v) is 8.84. The Labute approximate surface area is 153 Å². The van der Waals surface area contributed by atoms with Crippen molar-refractivity contribution in [1.29, 1.82) is 0 Å². The van der Waals surface area contributed by atoms with E-state index in [0.717, 1.165) is 12.8 Å². The van der Waals surface area contributed by atoms with Crippen LogP contribution in [0.2, 0.25) is 0 Å². The number of alkyl carbamates (subject to hydrolysis) is 1. The molecular formula is C19H27N3O4. The summed E-state index contributed by atoms with van der Waals surface area (Å²) in [6, 6.07) is 6.52. The number of carbonyl (C=O) groups is 3. The summed E-state index contributed by atoms with van der Waals surface area (Å²) >= 11 is 0. The molecule has 0 aliphatic heterocycles. The van der Waals surface area contributed by atoms with Crippen LogP contribution in [0, 0.1) is 5.92 Å². The fourth-order valence-corrected chi connectivity index (χ4v) is 2.94. The number of anilines is 1. The van der Waals surface area contributed by atoms with Crippen LogP contribution >= 0.6 is 0 Å². The molecule has 7 nitrogen and oxygen atoms in total. The van der Waals surface area contributed by atoms with Crippen molar-refractivity contribution < 1.29 is 19.1 Å². The molecule has 142 valence electrons. The highest BCUT2D eigenvalue weighted by atomic mass is 16.6. The van der Waals surface area contributed by atoms with Crippen LogP contribution < -0.4 is 16.4 Å². The Balaban J connectivity index is 1.79. The number of primary amides is 1. The number of ether oxygens (including phenoxy) is 1. The minimum atomic E-state index is -0.523. The predicted molar refractivity (Wildman–Crippen MR) is 98.7 cm³/mol. The molecule has 0 atom stereocenters. The first kappa shape index (κ1) is 19.8. The summed E-state index contributed by atoms with van der Waals surface area (Å²) in [6.45, 7) is 5.47. The summed E-state index contributed by atoms with van der Waals surface area (Å²) in [6.07, 6.45) is 2.45. The lowest BCUT2D eigenvalue weighted by atomic mass is 9.85. The van der Waals surface area contributed by atoms with Crippen LogP contribution in [-0.4, -0.2) is 29.6 Å². The standard InChI is InChI=1S/C19H27N3O4/c1-19(2,3)26-18(25)22-15-10-6-13(7-11-15)17(24)21-14-8-4-12(5-9-14)16(20)23/h4-5,8-9,13,15H,6-7,10-11H2,1-3H3,(H2,20,23)(H,21,24)(H,22,25). The van der Waals surface area contributed by atoms with E-state index < -0.39 is 17.6 Å². The summed E-state index contributed by atoms with van der Waals surface area (Å²) in [4.78, 5) is 35.3. The first-order valence-electron chi connectivity index (χ1n) is 8.84. The van der Waals surface area contributed by atoms with E-state index in [2.05, 4.69) is 10.6 Å². The average molecular weight is 361 g/mol. The van der Waals surface area contributed by atoms with E-state index in [0.29, 0.717) is 24.1 Å². The maximum absolute atomic E-state index is 12.4. The number of nitrogens with one attached hydrogen (secondary N) is 2. The van der Waals surface area contributed by atoms with Gasteiger partial charge in [-0.2, -0.15) is 0 Å². The molecule has 0 heterocycles. The van der Waals surface area contributed by atoms with Gasteiger partial charge in [0, 0.05) is 23.2 Å². The van der Waals surface area contributed by atoms with Gasteiger partial charge in [-0.15, -0.1) is 0 Å². The Kier molecular flexibility index (Phi) is 6.23. The molecule has 0 aromatic heterocycles. The largest absolute Gasteiger partial charge is 0.444 e. The van der Waals surface area contributed by atoms with Crippen LogP contribution in [0.1, 0.15) is 56.8 Å². The van der Waals surface area contributed by atoms with Crippen LogP contribution in [0.25, 0.3) is 0 Å². The molecule has 3 amide bonds. The second-order valence-electron chi connectivity index (χ2n) is 7.63. The van der Waals surface area contributed by atoms with Crippen molar-refractivity contribution in [3.63, 3.8) is 0 Å². The summed E-state index contributed by atoms with van der Waals surface area (Å²) in [7, 11) is 0. The molecule has 1 saturated carbocycles. The van der Waals surface area contributed by atoms with Gasteiger partial charge in [-0.1, -0.05) is 0 Å². The number of nitrogens with two attached hydrogens (primary N) is 1. The number of amides is 3. The lowest BCUT2D eigenvalue weighted by molar-refractivity contribution is -0.120. The van der Waals surface area contributed by atoms with Crippen molar-refractivity contribution in [2.45, 2.75) is 58.1 Å². The molecule has 0 saturated heterocycles. The lowest BCUT2D eigenvalue weighted by Crippen LogP contribution is -2.42. The van der Waals surface area contributed by atoms with E-state index in [9.17, 15) is 14.4 Å².